The highest BCUT2D eigenvalue weighted by atomic mass is 16.5. The number of nitrogens with one attached hydrogen (secondary N) is 1. The first-order valence-corrected chi connectivity index (χ1v) is 6.92. The van der Waals surface area contributed by atoms with Crippen molar-refractivity contribution >= 4 is 0 Å². The minimum absolute atomic E-state index is 0.380. The highest BCUT2D eigenvalue weighted by Crippen LogP contribution is 2.16. The molecule has 4 heteroatoms. The minimum atomic E-state index is 0.380. The summed E-state index contributed by atoms with van der Waals surface area (Å²) < 4.78 is 10.9. The Morgan fingerprint density at radius 3 is 2.94 bits per heavy atom. The molecular weight excluding hydrogens is 216 g/mol. The summed E-state index contributed by atoms with van der Waals surface area (Å²) in [7, 11) is 1.76. The van der Waals surface area contributed by atoms with Gasteiger partial charge >= 0.3 is 0 Å². The van der Waals surface area contributed by atoms with Crippen LogP contribution in [0.2, 0.25) is 0 Å². The highest BCUT2D eigenvalue weighted by molar-refractivity contribution is 4.77. The lowest BCUT2D eigenvalue weighted by molar-refractivity contribution is -0.0454. The van der Waals surface area contributed by atoms with Crippen LogP contribution in [0.15, 0.2) is 0 Å². The van der Waals surface area contributed by atoms with Crippen LogP contribution in [0.1, 0.15) is 19.3 Å². The van der Waals surface area contributed by atoms with Crippen LogP contribution in [0.5, 0.6) is 0 Å². The quantitative estimate of drug-likeness (QED) is 0.770. The summed E-state index contributed by atoms with van der Waals surface area (Å²) in [6.07, 6.45) is 4.07. The van der Waals surface area contributed by atoms with Gasteiger partial charge in [-0.15, -0.1) is 0 Å². The van der Waals surface area contributed by atoms with E-state index in [1.165, 1.54) is 32.5 Å². The highest BCUT2D eigenvalue weighted by Gasteiger charge is 2.23. The fourth-order valence-corrected chi connectivity index (χ4v) is 2.80. The molecular formula is C13H26N2O2. The molecule has 0 aromatic carbocycles. The Kier molecular flexibility index (Phi) is 5.71. The zero-order chi connectivity index (χ0) is 11.9. The second-order valence-corrected chi connectivity index (χ2v) is 5.23. The molecule has 0 radical (unpaired) electrons. The number of ether oxygens (including phenoxy) is 2. The van der Waals surface area contributed by atoms with Crippen LogP contribution in [-0.4, -0.2) is 64.1 Å². The average molecular weight is 242 g/mol. The first-order chi connectivity index (χ1) is 8.38. The van der Waals surface area contributed by atoms with Crippen molar-refractivity contribution in [1.82, 2.24) is 10.2 Å². The largest absolute Gasteiger partial charge is 0.385 e. The van der Waals surface area contributed by atoms with Crippen LogP contribution in [0.3, 0.4) is 0 Å². The van der Waals surface area contributed by atoms with Crippen molar-refractivity contribution in [2.75, 3.05) is 53.0 Å². The lowest BCUT2D eigenvalue weighted by Crippen LogP contribution is -2.46. The van der Waals surface area contributed by atoms with Crippen LogP contribution in [-0.2, 0) is 9.47 Å². The molecule has 2 aliphatic rings. The van der Waals surface area contributed by atoms with Crippen molar-refractivity contribution in [2.45, 2.75) is 25.4 Å². The van der Waals surface area contributed by atoms with E-state index in [1.807, 2.05) is 0 Å². The molecule has 17 heavy (non-hydrogen) atoms. The molecule has 2 heterocycles. The molecule has 0 saturated carbocycles. The minimum Gasteiger partial charge on any atom is -0.385 e. The molecule has 100 valence electrons. The van der Waals surface area contributed by atoms with E-state index in [2.05, 4.69) is 10.2 Å². The number of piperidine rings is 1. The predicted octanol–water partition coefficient (Wildman–Crippen LogP) is 0.723. The molecule has 2 fully saturated rings. The van der Waals surface area contributed by atoms with Gasteiger partial charge < -0.3 is 14.8 Å². The Morgan fingerprint density at radius 1 is 1.35 bits per heavy atom. The van der Waals surface area contributed by atoms with E-state index in [1.54, 1.807) is 7.11 Å². The van der Waals surface area contributed by atoms with Crippen molar-refractivity contribution < 1.29 is 9.47 Å². The van der Waals surface area contributed by atoms with E-state index in [9.17, 15) is 0 Å². The first-order valence-electron chi connectivity index (χ1n) is 6.92. The fourth-order valence-electron chi connectivity index (χ4n) is 2.80. The van der Waals surface area contributed by atoms with E-state index in [-0.39, 0.29) is 0 Å². The van der Waals surface area contributed by atoms with Crippen molar-refractivity contribution in [3.05, 3.63) is 0 Å². The maximum absolute atomic E-state index is 5.77. The van der Waals surface area contributed by atoms with Gasteiger partial charge in [0.05, 0.1) is 12.7 Å². The molecule has 0 spiro atoms. The Hall–Kier alpha value is -0.160. The number of hydrogen-bond donors (Lipinski definition) is 1. The average Bonchev–Trinajstić information content (AvgIpc) is 2.38. The number of nitrogens with zero attached hydrogens (tertiary/aromatic N) is 1. The number of rotatable bonds is 5. The van der Waals surface area contributed by atoms with Gasteiger partial charge in [0.25, 0.3) is 0 Å². The third kappa shape index (κ3) is 4.54. The molecule has 0 aromatic heterocycles. The summed E-state index contributed by atoms with van der Waals surface area (Å²) >= 11 is 0. The Labute approximate surface area is 105 Å². The number of morpholine rings is 1. The molecule has 2 aliphatic heterocycles. The summed E-state index contributed by atoms with van der Waals surface area (Å²) in [5, 5.41) is 3.43. The van der Waals surface area contributed by atoms with Crippen molar-refractivity contribution in [3.63, 3.8) is 0 Å². The van der Waals surface area contributed by atoms with Gasteiger partial charge in [-0.1, -0.05) is 0 Å². The van der Waals surface area contributed by atoms with Gasteiger partial charge in [-0.2, -0.15) is 0 Å². The van der Waals surface area contributed by atoms with Crippen LogP contribution >= 0.6 is 0 Å². The van der Waals surface area contributed by atoms with Crippen LogP contribution in [0.25, 0.3) is 0 Å². The molecule has 0 bridgehead atoms. The molecule has 1 atom stereocenters. The van der Waals surface area contributed by atoms with Gasteiger partial charge in [-0.05, 0) is 38.3 Å². The SMILES string of the molecule is COCC[C@H]1CN(CC2CCNCC2)CCO1. The van der Waals surface area contributed by atoms with Crippen LogP contribution in [0, 0.1) is 5.92 Å². The zero-order valence-electron chi connectivity index (χ0n) is 11.0. The van der Waals surface area contributed by atoms with Gasteiger partial charge in [0.15, 0.2) is 0 Å². The second kappa shape index (κ2) is 7.31. The maximum atomic E-state index is 5.77. The van der Waals surface area contributed by atoms with Crippen molar-refractivity contribution in [2.24, 2.45) is 5.92 Å². The fraction of sp³-hybridized carbons (Fsp3) is 1.00. The molecule has 0 aromatic rings. The summed E-state index contributed by atoms with van der Waals surface area (Å²) in [5.41, 5.74) is 0. The molecule has 2 saturated heterocycles. The molecule has 1 N–H and O–H groups in total. The van der Waals surface area contributed by atoms with Gasteiger partial charge in [0.1, 0.15) is 0 Å². The lowest BCUT2D eigenvalue weighted by Gasteiger charge is -2.36. The Morgan fingerprint density at radius 2 is 2.18 bits per heavy atom. The third-order valence-electron chi connectivity index (χ3n) is 3.84. The smallest absolute Gasteiger partial charge is 0.0724 e. The summed E-state index contributed by atoms with van der Waals surface area (Å²) in [6.45, 7) is 7.55. The van der Waals surface area contributed by atoms with Crippen LogP contribution in [0.4, 0.5) is 0 Å². The van der Waals surface area contributed by atoms with Gasteiger partial charge in [0, 0.05) is 33.4 Å². The standard InChI is InChI=1S/C13H26N2O2/c1-16-8-4-13-11-15(7-9-17-13)10-12-2-5-14-6-3-12/h12-14H,2-11H2,1H3/t13-/m0/s1. The Balaban J connectivity index is 1.68. The molecule has 2 rings (SSSR count). The molecule has 0 aliphatic carbocycles. The zero-order valence-corrected chi connectivity index (χ0v) is 11.0. The first kappa shape index (κ1) is 13.3. The normalized spacial score (nSPS) is 28.4. The summed E-state index contributed by atoms with van der Waals surface area (Å²) in [4.78, 5) is 2.58. The molecule has 0 unspecified atom stereocenters. The van der Waals surface area contributed by atoms with Crippen molar-refractivity contribution in [3.8, 4) is 0 Å². The predicted molar refractivity (Wildman–Crippen MR) is 68.3 cm³/mol. The maximum Gasteiger partial charge on any atom is 0.0724 e. The second-order valence-electron chi connectivity index (χ2n) is 5.23. The Bertz CT molecular complexity index is 208. The molecule has 0 amide bonds. The lowest BCUT2D eigenvalue weighted by atomic mass is 9.97. The van der Waals surface area contributed by atoms with E-state index in [0.29, 0.717) is 6.10 Å². The van der Waals surface area contributed by atoms with Gasteiger partial charge in [-0.3, -0.25) is 4.90 Å². The van der Waals surface area contributed by atoms with Gasteiger partial charge in [-0.25, -0.2) is 0 Å². The van der Waals surface area contributed by atoms with Crippen LogP contribution < -0.4 is 5.32 Å². The number of hydrogen-bond acceptors (Lipinski definition) is 4. The monoisotopic (exact) mass is 242 g/mol. The summed E-state index contributed by atoms with van der Waals surface area (Å²) in [5.74, 6) is 0.887. The van der Waals surface area contributed by atoms with E-state index in [0.717, 1.165) is 38.6 Å². The topological polar surface area (TPSA) is 33.7 Å². The summed E-state index contributed by atoms with van der Waals surface area (Å²) in [6, 6.07) is 0. The third-order valence-corrected chi connectivity index (χ3v) is 3.84. The van der Waals surface area contributed by atoms with E-state index in [4.69, 9.17) is 9.47 Å². The van der Waals surface area contributed by atoms with Gasteiger partial charge in [0.2, 0.25) is 0 Å². The van der Waals surface area contributed by atoms with E-state index >= 15 is 0 Å². The van der Waals surface area contributed by atoms with E-state index < -0.39 is 0 Å². The van der Waals surface area contributed by atoms with Crippen molar-refractivity contribution in [1.29, 1.82) is 0 Å². The molecule has 4 nitrogen and oxygen atoms in total. The number of methoxy groups -OCH3 is 1.